The van der Waals surface area contributed by atoms with Crippen molar-refractivity contribution in [2.75, 3.05) is 12.8 Å². The maximum Gasteiger partial charge on any atom is 0.327 e. The summed E-state index contributed by atoms with van der Waals surface area (Å²) in [5, 5.41) is 8.93. The normalized spacial score (nSPS) is 11.9. The van der Waals surface area contributed by atoms with Crippen LogP contribution >= 0.6 is 28.6 Å². The molecule has 0 bridgehead atoms. The van der Waals surface area contributed by atoms with Crippen LogP contribution in [0.2, 0.25) is 0 Å². The standard InChI is InChI=1S/C11H12BrNO3S/c1-13(9(6-17)11(15)16)10(14)7-2-4-8(12)5-3-7/h2-5,9,17H,6H2,1H3,(H,15,16)/t9-/m0/s1. The third-order valence-electron chi connectivity index (χ3n) is 2.34. The van der Waals surface area contributed by atoms with Gasteiger partial charge in [-0.2, -0.15) is 12.6 Å². The number of carboxylic acids is 1. The second-order valence-electron chi connectivity index (χ2n) is 3.46. The maximum absolute atomic E-state index is 12.0. The summed E-state index contributed by atoms with van der Waals surface area (Å²) in [6.07, 6.45) is 0. The van der Waals surface area contributed by atoms with E-state index < -0.39 is 12.0 Å². The number of carboxylic acid groups (broad SMARTS) is 1. The second kappa shape index (κ2) is 6.07. The van der Waals surface area contributed by atoms with Crippen molar-refractivity contribution in [2.24, 2.45) is 0 Å². The summed E-state index contributed by atoms with van der Waals surface area (Å²) < 4.78 is 0.862. The van der Waals surface area contributed by atoms with E-state index in [1.54, 1.807) is 24.3 Å². The SMILES string of the molecule is CN(C(=O)c1ccc(Br)cc1)[C@@H](CS)C(=O)O. The van der Waals surface area contributed by atoms with Gasteiger partial charge in [0.05, 0.1) is 0 Å². The van der Waals surface area contributed by atoms with Crippen molar-refractivity contribution in [3.8, 4) is 0 Å². The minimum Gasteiger partial charge on any atom is -0.480 e. The average Bonchev–Trinajstić information content (AvgIpc) is 2.29. The van der Waals surface area contributed by atoms with Crippen LogP contribution in [0.4, 0.5) is 0 Å². The number of likely N-dealkylation sites (N-methyl/N-ethyl adjacent to an activating group) is 1. The summed E-state index contributed by atoms with van der Waals surface area (Å²) >= 11 is 7.20. The molecule has 0 heterocycles. The fourth-order valence-corrected chi connectivity index (χ4v) is 1.97. The molecule has 1 atom stereocenters. The van der Waals surface area contributed by atoms with Crippen LogP contribution in [0.1, 0.15) is 10.4 Å². The van der Waals surface area contributed by atoms with Gasteiger partial charge in [-0.15, -0.1) is 0 Å². The molecule has 0 saturated heterocycles. The number of hydrogen-bond donors (Lipinski definition) is 2. The molecule has 0 aliphatic carbocycles. The Morgan fingerprint density at radius 3 is 2.35 bits per heavy atom. The summed E-state index contributed by atoms with van der Waals surface area (Å²) in [5.41, 5.74) is 0.448. The first kappa shape index (κ1) is 14.1. The number of thiol groups is 1. The van der Waals surface area contributed by atoms with E-state index in [0.717, 1.165) is 4.47 Å². The van der Waals surface area contributed by atoms with E-state index >= 15 is 0 Å². The van der Waals surface area contributed by atoms with Crippen molar-refractivity contribution >= 4 is 40.4 Å². The molecule has 1 aromatic carbocycles. The summed E-state index contributed by atoms with van der Waals surface area (Å²) in [5.74, 6) is -1.32. The minimum atomic E-state index is -1.06. The Hall–Kier alpha value is -1.01. The average molecular weight is 318 g/mol. The molecule has 1 rings (SSSR count). The first-order valence-electron chi connectivity index (χ1n) is 4.83. The van der Waals surface area contributed by atoms with Crippen LogP contribution in [0.3, 0.4) is 0 Å². The first-order valence-corrected chi connectivity index (χ1v) is 6.26. The molecule has 0 aliphatic rings. The van der Waals surface area contributed by atoms with Crippen LogP contribution in [0.25, 0.3) is 0 Å². The van der Waals surface area contributed by atoms with Gasteiger partial charge in [-0.3, -0.25) is 4.79 Å². The van der Waals surface area contributed by atoms with E-state index in [1.807, 2.05) is 0 Å². The molecule has 4 nitrogen and oxygen atoms in total. The van der Waals surface area contributed by atoms with Crippen molar-refractivity contribution in [3.63, 3.8) is 0 Å². The van der Waals surface area contributed by atoms with Crippen molar-refractivity contribution in [2.45, 2.75) is 6.04 Å². The van der Waals surface area contributed by atoms with E-state index in [4.69, 9.17) is 5.11 Å². The highest BCUT2D eigenvalue weighted by molar-refractivity contribution is 9.10. The van der Waals surface area contributed by atoms with Gasteiger partial charge in [0, 0.05) is 22.8 Å². The van der Waals surface area contributed by atoms with Gasteiger partial charge >= 0.3 is 5.97 Å². The van der Waals surface area contributed by atoms with Crippen LogP contribution in [-0.4, -0.2) is 40.7 Å². The van der Waals surface area contributed by atoms with Gasteiger partial charge < -0.3 is 10.0 Å². The smallest absolute Gasteiger partial charge is 0.327 e. The fraction of sp³-hybridized carbons (Fsp3) is 0.273. The van der Waals surface area contributed by atoms with Crippen LogP contribution in [0.5, 0.6) is 0 Å². The van der Waals surface area contributed by atoms with E-state index in [1.165, 1.54) is 11.9 Å². The molecule has 0 unspecified atom stereocenters. The topological polar surface area (TPSA) is 57.6 Å². The zero-order chi connectivity index (χ0) is 13.0. The van der Waals surface area contributed by atoms with E-state index in [2.05, 4.69) is 28.6 Å². The minimum absolute atomic E-state index is 0.0775. The maximum atomic E-state index is 12.0. The Balaban J connectivity index is 2.89. The summed E-state index contributed by atoms with van der Waals surface area (Å²) in [6, 6.07) is 5.82. The monoisotopic (exact) mass is 317 g/mol. The highest BCUT2D eigenvalue weighted by Gasteiger charge is 2.25. The van der Waals surface area contributed by atoms with Gasteiger partial charge in [-0.25, -0.2) is 4.79 Å². The van der Waals surface area contributed by atoms with Crippen molar-refractivity contribution in [1.82, 2.24) is 4.90 Å². The summed E-state index contributed by atoms with van der Waals surface area (Å²) in [7, 11) is 1.46. The molecule has 0 spiro atoms. The quantitative estimate of drug-likeness (QED) is 0.834. The molecule has 0 fully saturated rings. The number of carbonyl (C=O) groups excluding carboxylic acids is 1. The molecule has 17 heavy (non-hydrogen) atoms. The number of nitrogens with zero attached hydrogens (tertiary/aromatic N) is 1. The number of hydrogen-bond acceptors (Lipinski definition) is 3. The molecule has 0 aliphatic heterocycles. The third-order valence-corrected chi connectivity index (χ3v) is 3.21. The highest BCUT2D eigenvalue weighted by atomic mass is 79.9. The lowest BCUT2D eigenvalue weighted by atomic mass is 10.2. The van der Waals surface area contributed by atoms with Crippen LogP contribution in [0, 0.1) is 0 Å². The van der Waals surface area contributed by atoms with Crippen LogP contribution in [-0.2, 0) is 4.79 Å². The summed E-state index contributed by atoms with van der Waals surface area (Å²) in [4.78, 5) is 24.1. The van der Waals surface area contributed by atoms with Gasteiger partial charge in [-0.05, 0) is 24.3 Å². The summed E-state index contributed by atoms with van der Waals surface area (Å²) in [6.45, 7) is 0. The third kappa shape index (κ3) is 3.47. The number of carbonyl (C=O) groups is 2. The lowest BCUT2D eigenvalue weighted by molar-refractivity contribution is -0.141. The van der Waals surface area contributed by atoms with Gasteiger partial charge in [0.25, 0.3) is 5.91 Å². The number of halogens is 1. The molecular formula is C11H12BrNO3S. The zero-order valence-electron chi connectivity index (χ0n) is 9.13. The lowest BCUT2D eigenvalue weighted by Crippen LogP contribution is -2.43. The van der Waals surface area contributed by atoms with Crippen molar-refractivity contribution in [1.29, 1.82) is 0 Å². The van der Waals surface area contributed by atoms with Gasteiger partial charge in [-0.1, -0.05) is 15.9 Å². The highest BCUT2D eigenvalue weighted by Crippen LogP contribution is 2.13. The first-order chi connectivity index (χ1) is 7.97. The number of amides is 1. The lowest BCUT2D eigenvalue weighted by Gasteiger charge is -2.23. The predicted octanol–water partition coefficient (Wildman–Crippen LogP) is 1.90. The molecule has 0 saturated carbocycles. The molecule has 1 amide bonds. The second-order valence-corrected chi connectivity index (χ2v) is 4.74. The molecule has 1 N–H and O–H groups in total. The van der Waals surface area contributed by atoms with Crippen LogP contribution in [0.15, 0.2) is 28.7 Å². The Kier molecular flexibility index (Phi) is 5.02. The Bertz CT molecular complexity index is 421. The van der Waals surface area contributed by atoms with Gasteiger partial charge in [0.1, 0.15) is 6.04 Å². The van der Waals surface area contributed by atoms with E-state index in [9.17, 15) is 9.59 Å². The van der Waals surface area contributed by atoms with Gasteiger partial charge in [0.15, 0.2) is 0 Å². The van der Waals surface area contributed by atoms with E-state index in [-0.39, 0.29) is 11.7 Å². The molecule has 1 aromatic rings. The van der Waals surface area contributed by atoms with Crippen molar-refractivity contribution < 1.29 is 14.7 Å². The molecule has 92 valence electrons. The predicted molar refractivity (Wildman–Crippen MR) is 71.5 cm³/mol. The zero-order valence-corrected chi connectivity index (χ0v) is 11.6. The molecular weight excluding hydrogens is 306 g/mol. The largest absolute Gasteiger partial charge is 0.480 e. The number of rotatable bonds is 4. The molecule has 0 aromatic heterocycles. The number of aliphatic carboxylic acids is 1. The Morgan fingerprint density at radius 2 is 1.94 bits per heavy atom. The van der Waals surface area contributed by atoms with Crippen molar-refractivity contribution in [3.05, 3.63) is 34.3 Å². The number of benzene rings is 1. The van der Waals surface area contributed by atoms with E-state index in [0.29, 0.717) is 5.56 Å². The Labute approximate surface area is 113 Å². The van der Waals surface area contributed by atoms with Gasteiger partial charge in [0.2, 0.25) is 0 Å². The Morgan fingerprint density at radius 1 is 1.41 bits per heavy atom. The molecule has 0 radical (unpaired) electrons. The fourth-order valence-electron chi connectivity index (χ4n) is 1.30. The van der Waals surface area contributed by atoms with Crippen LogP contribution < -0.4 is 0 Å². The molecule has 6 heteroatoms.